The molecule has 0 atom stereocenters. The molecule has 0 spiro atoms. The van der Waals surface area contributed by atoms with Crippen molar-refractivity contribution in [3.63, 3.8) is 0 Å². The monoisotopic (exact) mass is 435 g/mol. The number of benzene rings is 2. The maximum atomic E-state index is 4.54. The number of rotatable bonds is 5. The molecule has 0 saturated carbocycles. The topological polar surface area (TPSA) is 43.8 Å². The number of piperazine rings is 1. The highest BCUT2D eigenvalue weighted by Gasteiger charge is 2.14. The zero-order valence-electron chi connectivity index (χ0n) is 19.0. The van der Waals surface area contributed by atoms with Crippen molar-refractivity contribution in [3.05, 3.63) is 95.4 Å². The van der Waals surface area contributed by atoms with Crippen LogP contribution in [0.5, 0.6) is 0 Å². The van der Waals surface area contributed by atoms with Crippen LogP contribution in [0.25, 0.3) is 17.7 Å². The second-order valence-corrected chi connectivity index (χ2v) is 8.56. The Bertz CT molecular complexity index is 1170. The fourth-order valence-electron chi connectivity index (χ4n) is 4.18. The third-order valence-corrected chi connectivity index (χ3v) is 6.20. The molecule has 166 valence electrons. The SMILES string of the molecule is CN1CCN(c2ccc(NC=C3CN=Cc4ccc(C=Cc5ccccn5)cc43)cc2)CC1. The second-order valence-electron chi connectivity index (χ2n) is 8.56. The van der Waals surface area contributed by atoms with Gasteiger partial charge in [0.2, 0.25) is 0 Å². The fraction of sp³-hybridized carbons (Fsp3) is 0.214. The standard InChI is InChI=1S/C28H29N5/c1-32-14-16-33(17-15-32)27-11-9-26(10-12-27)31-21-24-20-29-19-23-7-5-22(18-28(23)24)6-8-25-4-2-3-13-30-25/h2-13,18-19,21,31H,14-17,20H2,1H3. The van der Waals surface area contributed by atoms with E-state index in [1.807, 2.05) is 36.7 Å². The van der Waals surface area contributed by atoms with Crippen LogP contribution in [0.15, 0.2) is 78.1 Å². The van der Waals surface area contributed by atoms with Gasteiger partial charge in [-0.2, -0.15) is 0 Å². The molecule has 1 N–H and O–H groups in total. The Balaban J connectivity index is 1.30. The Labute approximate surface area is 195 Å². The van der Waals surface area contributed by atoms with E-state index in [-0.39, 0.29) is 0 Å². The summed E-state index contributed by atoms with van der Waals surface area (Å²) in [5.41, 5.74) is 8.03. The summed E-state index contributed by atoms with van der Waals surface area (Å²) in [5.74, 6) is 0. The molecule has 2 aliphatic heterocycles. The predicted octanol–water partition coefficient (Wildman–Crippen LogP) is 4.89. The van der Waals surface area contributed by atoms with E-state index in [0.717, 1.165) is 48.7 Å². The van der Waals surface area contributed by atoms with Gasteiger partial charge < -0.3 is 15.1 Å². The number of anilines is 2. The first-order valence-corrected chi connectivity index (χ1v) is 11.5. The lowest BCUT2D eigenvalue weighted by Crippen LogP contribution is -2.44. The van der Waals surface area contributed by atoms with E-state index in [0.29, 0.717) is 6.54 Å². The molecule has 2 aromatic carbocycles. The fourth-order valence-corrected chi connectivity index (χ4v) is 4.18. The van der Waals surface area contributed by atoms with Crippen molar-refractivity contribution in [1.29, 1.82) is 0 Å². The van der Waals surface area contributed by atoms with Gasteiger partial charge in [-0.25, -0.2) is 0 Å². The van der Waals surface area contributed by atoms with Crippen molar-refractivity contribution in [2.24, 2.45) is 4.99 Å². The molecule has 0 bridgehead atoms. The Kier molecular flexibility index (Phi) is 6.31. The lowest BCUT2D eigenvalue weighted by atomic mass is 9.96. The summed E-state index contributed by atoms with van der Waals surface area (Å²) in [6.45, 7) is 5.07. The van der Waals surface area contributed by atoms with Crippen LogP contribution >= 0.6 is 0 Å². The van der Waals surface area contributed by atoms with Crippen LogP contribution in [-0.2, 0) is 0 Å². The Morgan fingerprint density at radius 1 is 0.909 bits per heavy atom. The van der Waals surface area contributed by atoms with E-state index in [4.69, 9.17) is 0 Å². The van der Waals surface area contributed by atoms with Crippen LogP contribution in [0.3, 0.4) is 0 Å². The van der Waals surface area contributed by atoms with E-state index >= 15 is 0 Å². The third kappa shape index (κ3) is 5.21. The van der Waals surface area contributed by atoms with Crippen molar-refractivity contribution in [2.45, 2.75) is 0 Å². The molecule has 3 heterocycles. The number of fused-ring (bicyclic) bond motifs is 1. The minimum atomic E-state index is 0.673. The molecule has 5 rings (SSSR count). The van der Waals surface area contributed by atoms with Crippen LogP contribution in [0.1, 0.15) is 22.4 Å². The van der Waals surface area contributed by atoms with Crippen LogP contribution < -0.4 is 10.2 Å². The molecule has 1 saturated heterocycles. The Morgan fingerprint density at radius 2 is 1.76 bits per heavy atom. The molecule has 33 heavy (non-hydrogen) atoms. The summed E-state index contributed by atoms with van der Waals surface area (Å²) < 4.78 is 0. The number of pyridine rings is 1. The molecule has 1 aromatic heterocycles. The van der Waals surface area contributed by atoms with Crippen molar-refractivity contribution in [1.82, 2.24) is 9.88 Å². The zero-order chi connectivity index (χ0) is 22.5. The average Bonchev–Trinajstić information content (AvgIpc) is 2.87. The van der Waals surface area contributed by atoms with Gasteiger partial charge in [0.1, 0.15) is 0 Å². The number of aliphatic imine (C=N–C) groups is 1. The number of nitrogens with one attached hydrogen (secondary N) is 1. The summed E-state index contributed by atoms with van der Waals surface area (Å²) in [5, 5.41) is 3.48. The molecule has 2 aliphatic rings. The first-order valence-electron chi connectivity index (χ1n) is 11.5. The molecule has 0 unspecified atom stereocenters. The molecule has 5 heteroatoms. The quantitative estimate of drug-likeness (QED) is 0.620. The summed E-state index contributed by atoms with van der Waals surface area (Å²) in [6, 6.07) is 21.1. The maximum absolute atomic E-state index is 4.54. The molecule has 0 aliphatic carbocycles. The normalized spacial score (nSPS) is 17.5. The number of hydrogen-bond donors (Lipinski definition) is 1. The summed E-state index contributed by atoms with van der Waals surface area (Å²) in [6.07, 6.45) is 10.0. The molecule has 1 fully saturated rings. The highest BCUT2D eigenvalue weighted by atomic mass is 15.2. The molecular weight excluding hydrogens is 406 g/mol. The highest BCUT2D eigenvalue weighted by molar-refractivity contribution is 5.93. The highest BCUT2D eigenvalue weighted by Crippen LogP contribution is 2.26. The number of hydrogen-bond acceptors (Lipinski definition) is 5. The number of aromatic nitrogens is 1. The molecule has 5 nitrogen and oxygen atoms in total. The number of likely N-dealkylation sites (N-methyl/N-ethyl adjacent to an activating group) is 1. The number of nitrogens with zero attached hydrogens (tertiary/aromatic N) is 4. The lowest BCUT2D eigenvalue weighted by Gasteiger charge is -2.34. The predicted molar refractivity (Wildman–Crippen MR) is 140 cm³/mol. The van der Waals surface area contributed by atoms with E-state index in [9.17, 15) is 0 Å². The van der Waals surface area contributed by atoms with Crippen LogP contribution in [0.4, 0.5) is 11.4 Å². The smallest absolute Gasteiger partial charge is 0.0660 e. The van der Waals surface area contributed by atoms with Crippen molar-refractivity contribution >= 4 is 35.3 Å². The van der Waals surface area contributed by atoms with Gasteiger partial charge in [-0.15, -0.1) is 0 Å². The van der Waals surface area contributed by atoms with E-state index in [1.54, 1.807) is 0 Å². The van der Waals surface area contributed by atoms with Gasteiger partial charge in [0.25, 0.3) is 0 Å². The molecule has 3 aromatic rings. The van der Waals surface area contributed by atoms with Crippen LogP contribution in [-0.4, -0.2) is 55.9 Å². The van der Waals surface area contributed by atoms with E-state index in [1.165, 1.54) is 16.8 Å². The largest absolute Gasteiger partial charge is 0.369 e. The molecule has 0 radical (unpaired) electrons. The van der Waals surface area contributed by atoms with Crippen LogP contribution in [0, 0.1) is 0 Å². The van der Waals surface area contributed by atoms with Gasteiger partial charge in [-0.1, -0.05) is 24.3 Å². The van der Waals surface area contributed by atoms with E-state index in [2.05, 4.69) is 86.9 Å². The summed E-state index contributed by atoms with van der Waals surface area (Å²) in [4.78, 5) is 13.7. The minimum Gasteiger partial charge on any atom is -0.369 e. The first-order chi connectivity index (χ1) is 16.2. The first kappa shape index (κ1) is 21.2. The average molecular weight is 436 g/mol. The third-order valence-electron chi connectivity index (χ3n) is 6.20. The minimum absolute atomic E-state index is 0.673. The van der Waals surface area contributed by atoms with Crippen LogP contribution in [0.2, 0.25) is 0 Å². The summed E-state index contributed by atoms with van der Waals surface area (Å²) in [7, 11) is 2.19. The van der Waals surface area contributed by atoms with Crippen molar-refractivity contribution in [2.75, 3.05) is 50.0 Å². The van der Waals surface area contributed by atoms with Gasteiger partial charge in [-0.05, 0) is 77.9 Å². The molecular formula is C28H29N5. The van der Waals surface area contributed by atoms with Gasteiger partial charge in [-0.3, -0.25) is 9.98 Å². The maximum Gasteiger partial charge on any atom is 0.0660 e. The van der Waals surface area contributed by atoms with Gasteiger partial charge in [0, 0.05) is 56.2 Å². The zero-order valence-corrected chi connectivity index (χ0v) is 19.0. The van der Waals surface area contributed by atoms with E-state index < -0.39 is 0 Å². The summed E-state index contributed by atoms with van der Waals surface area (Å²) >= 11 is 0. The van der Waals surface area contributed by atoms with Gasteiger partial charge in [0.15, 0.2) is 0 Å². The van der Waals surface area contributed by atoms with Gasteiger partial charge >= 0.3 is 0 Å². The van der Waals surface area contributed by atoms with Crippen molar-refractivity contribution in [3.8, 4) is 0 Å². The lowest BCUT2D eigenvalue weighted by molar-refractivity contribution is 0.313. The molecule has 0 amide bonds. The van der Waals surface area contributed by atoms with Gasteiger partial charge in [0.05, 0.1) is 12.2 Å². The second kappa shape index (κ2) is 9.84. The van der Waals surface area contributed by atoms with Crippen molar-refractivity contribution < 1.29 is 0 Å². The Morgan fingerprint density at radius 3 is 2.55 bits per heavy atom. The Hall–Kier alpha value is -3.70.